The number of carbonyl (C=O) groups excluding carboxylic acids is 1. The molecule has 2 nitrogen and oxygen atoms in total. The molecule has 2 aliphatic rings. The zero-order chi connectivity index (χ0) is 15.0. The molecule has 21 heavy (non-hydrogen) atoms. The average Bonchev–Trinajstić information content (AvgIpc) is 2.36. The second-order valence-corrected chi connectivity index (χ2v) is 8.80. The summed E-state index contributed by atoms with van der Waals surface area (Å²) in [6.45, 7) is 4.16. The molecule has 3 heteroatoms. The summed E-state index contributed by atoms with van der Waals surface area (Å²) in [6, 6.07) is 6.38. The molecule has 1 aromatic carbocycles. The lowest BCUT2D eigenvalue weighted by atomic mass is 9.84. The molecule has 2 fully saturated rings. The van der Waals surface area contributed by atoms with Gasteiger partial charge in [0.1, 0.15) is 5.78 Å². The Morgan fingerprint density at radius 2 is 1.67 bits per heavy atom. The van der Waals surface area contributed by atoms with E-state index < -0.39 is 10.8 Å². The zero-order valence-electron chi connectivity index (χ0n) is 12.9. The van der Waals surface area contributed by atoms with Gasteiger partial charge in [0.15, 0.2) is 0 Å². The van der Waals surface area contributed by atoms with Crippen LogP contribution in [0.1, 0.15) is 48.8 Å². The maximum Gasteiger partial charge on any atom is 0.140 e. The van der Waals surface area contributed by atoms with Crippen LogP contribution in [0.4, 0.5) is 0 Å². The molecule has 2 unspecified atom stereocenters. The molecule has 0 radical (unpaired) electrons. The summed E-state index contributed by atoms with van der Waals surface area (Å²) in [5.41, 5.74) is 3.58. The van der Waals surface area contributed by atoms with Crippen molar-refractivity contribution in [2.45, 2.75) is 62.9 Å². The third kappa shape index (κ3) is 3.28. The fourth-order valence-electron chi connectivity index (χ4n) is 4.01. The monoisotopic (exact) mass is 304 g/mol. The zero-order valence-corrected chi connectivity index (χ0v) is 13.7. The van der Waals surface area contributed by atoms with Gasteiger partial charge in [0.2, 0.25) is 0 Å². The number of aryl methyl sites for hydroxylation is 2. The van der Waals surface area contributed by atoms with Gasteiger partial charge < -0.3 is 0 Å². The first-order valence-electron chi connectivity index (χ1n) is 8.02. The van der Waals surface area contributed by atoms with Crippen LogP contribution >= 0.6 is 0 Å². The largest absolute Gasteiger partial charge is 0.299 e. The SMILES string of the molecule is Cc1cc(C)cc(CC(=O)C2CC3CCCC(C2)S3=O)c1. The van der Waals surface area contributed by atoms with E-state index in [1.165, 1.54) is 17.5 Å². The fourth-order valence-corrected chi connectivity index (χ4v) is 6.20. The number of rotatable bonds is 3. The van der Waals surface area contributed by atoms with Gasteiger partial charge in [0.05, 0.1) is 0 Å². The Morgan fingerprint density at radius 3 is 2.24 bits per heavy atom. The Balaban J connectivity index is 1.70. The van der Waals surface area contributed by atoms with E-state index in [1.54, 1.807) is 0 Å². The molecule has 0 N–H and O–H groups in total. The van der Waals surface area contributed by atoms with E-state index in [9.17, 15) is 9.00 Å². The summed E-state index contributed by atoms with van der Waals surface area (Å²) in [5.74, 6) is 0.493. The number of benzene rings is 1. The summed E-state index contributed by atoms with van der Waals surface area (Å²) in [5, 5.41) is 0.566. The number of hydrogen-bond donors (Lipinski definition) is 0. The Morgan fingerprint density at radius 1 is 1.10 bits per heavy atom. The molecular weight excluding hydrogens is 280 g/mol. The average molecular weight is 304 g/mol. The second kappa shape index (κ2) is 6.04. The smallest absolute Gasteiger partial charge is 0.140 e. The van der Waals surface area contributed by atoms with E-state index in [2.05, 4.69) is 32.0 Å². The van der Waals surface area contributed by atoms with Gasteiger partial charge in [-0.1, -0.05) is 35.7 Å². The third-order valence-corrected chi connectivity index (χ3v) is 7.09. The molecule has 2 saturated heterocycles. The minimum absolute atomic E-state index is 0.138. The van der Waals surface area contributed by atoms with Crippen LogP contribution in [0.15, 0.2) is 18.2 Å². The summed E-state index contributed by atoms with van der Waals surface area (Å²) in [4.78, 5) is 12.6. The van der Waals surface area contributed by atoms with E-state index in [1.807, 2.05) is 0 Å². The summed E-state index contributed by atoms with van der Waals surface area (Å²) in [6.07, 6.45) is 5.55. The van der Waals surface area contributed by atoms with Crippen LogP contribution in [0.2, 0.25) is 0 Å². The molecule has 3 rings (SSSR count). The first-order valence-corrected chi connectivity index (χ1v) is 9.30. The molecule has 0 aromatic heterocycles. The van der Waals surface area contributed by atoms with Gasteiger partial charge >= 0.3 is 0 Å². The van der Waals surface area contributed by atoms with Crippen molar-refractivity contribution < 1.29 is 9.00 Å². The van der Waals surface area contributed by atoms with Gasteiger partial charge in [-0.2, -0.15) is 0 Å². The van der Waals surface area contributed by atoms with E-state index in [-0.39, 0.29) is 16.4 Å². The third-order valence-electron chi connectivity index (χ3n) is 4.92. The molecule has 2 atom stereocenters. The van der Waals surface area contributed by atoms with E-state index in [0.29, 0.717) is 12.2 Å². The summed E-state index contributed by atoms with van der Waals surface area (Å²) < 4.78 is 12.2. The summed E-state index contributed by atoms with van der Waals surface area (Å²) in [7, 11) is -0.679. The van der Waals surface area contributed by atoms with Crippen molar-refractivity contribution in [2.24, 2.45) is 5.92 Å². The van der Waals surface area contributed by atoms with Gasteiger partial charge in [-0.3, -0.25) is 9.00 Å². The molecule has 0 amide bonds. The van der Waals surface area contributed by atoms with Crippen LogP contribution in [-0.4, -0.2) is 20.5 Å². The Labute approximate surface area is 129 Å². The van der Waals surface area contributed by atoms with Crippen LogP contribution in [0.25, 0.3) is 0 Å². The number of hydrogen-bond acceptors (Lipinski definition) is 2. The minimum Gasteiger partial charge on any atom is -0.299 e. The molecule has 114 valence electrons. The molecule has 1 aromatic rings. The second-order valence-electron chi connectivity index (χ2n) is 6.81. The highest BCUT2D eigenvalue weighted by atomic mass is 32.2. The van der Waals surface area contributed by atoms with Crippen molar-refractivity contribution >= 4 is 16.6 Å². The Kier molecular flexibility index (Phi) is 4.30. The molecule has 0 aliphatic carbocycles. The molecule has 0 saturated carbocycles. The van der Waals surface area contributed by atoms with Crippen LogP contribution in [0.5, 0.6) is 0 Å². The number of fused-ring (bicyclic) bond motifs is 2. The van der Waals surface area contributed by atoms with Crippen molar-refractivity contribution in [3.05, 3.63) is 34.9 Å². The van der Waals surface area contributed by atoms with Gasteiger partial charge in [-0.05, 0) is 45.1 Å². The quantitative estimate of drug-likeness (QED) is 0.856. The predicted octanol–water partition coefficient (Wildman–Crippen LogP) is 3.49. The van der Waals surface area contributed by atoms with Crippen molar-refractivity contribution in [1.82, 2.24) is 0 Å². The fraction of sp³-hybridized carbons (Fsp3) is 0.611. The van der Waals surface area contributed by atoms with Crippen LogP contribution in [-0.2, 0) is 22.0 Å². The lowest BCUT2D eigenvalue weighted by molar-refractivity contribution is -0.122. The summed E-state index contributed by atoms with van der Waals surface area (Å²) >= 11 is 0. The molecule has 0 spiro atoms. The topological polar surface area (TPSA) is 34.1 Å². The number of ketones is 1. The first-order chi connectivity index (χ1) is 10.0. The minimum atomic E-state index is -0.679. The lowest BCUT2D eigenvalue weighted by Crippen LogP contribution is -2.41. The predicted molar refractivity (Wildman–Crippen MR) is 86.9 cm³/mol. The van der Waals surface area contributed by atoms with E-state index >= 15 is 0 Å². The van der Waals surface area contributed by atoms with Gasteiger partial charge in [0.25, 0.3) is 0 Å². The normalized spacial score (nSPS) is 31.9. The highest BCUT2D eigenvalue weighted by Crippen LogP contribution is 2.37. The van der Waals surface area contributed by atoms with E-state index in [4.69, 9.17) is 0 Å². The highest BCUT2D eigenvalue weighted by molar-refractivity contribution is 7.86. The first kappa shape index (κ1) is 15.0. The standard InChI is InChI=1S/C18H24O2S/c1-12-6-13(2)8-14(7-12)9-18(19)15-10-16-4-3-5-17(11-15)21(16)20/h6-8,15-17H,3-5,9-11H2,1-2H3. The van der Waals surface area contributed by atoms with Crippen LogP contribution < -0.4 is 0 Å². The molecule has 2 aliphatic heterocycles. The Bertz CT molecular complexity index is 542. The maximum atomic E-state index is 12.6. The van der Waals surface area contributed by atoms with Gasteiger partial charge in [0, 0.05) is 33.6 Å². The van der Waals surface area contributed by atoms with Crippen molar-refractivity contribution in [3.8, 4) is 0 Å². The lowest BCUT2D eigenvalue weighted by Gasteiger charge is -2.37. The van der Waals surface area contributed by atoms with Crippen LogP contribution in [0.3, 0.4) is 0 Å². The van der Waals surface area contributed by atoms with Crippen molar-refractivity contribution in [3.63, 3.8) is 0 Å². The molecular formula is C18H24O2S. The highest BCUT2D eigenvalue weighted by Gasteiger charge is 2.40. The molecule has 2 bridgehead atoms. The van der Waals surface area contributed by atoms with Crippen LogP contribution in [0, 0.1) is 19.8 Å². The Hall–Kier alpha value is -0.960. The van der Waals surface area contributed by atoms with E-state index in [0.717, 1.165) is 31.2 Å². The number of Topliss-reactive ketones (excluding diaryl/α,β-unsaturated/α-hetero) is 1. The van der Waals surface area contributed by atoms with Crippen molar-refractivity contribution in [2.75, 3.05) is 0 Å². The molecule has 2 heterocycles. The van der Waals surface area contributed by atoms with Gasteiger partial charge in [-0.15, -0.1) is 0 Å². The maximum absolute atomic E-state index is 12.6. The number of carbonyl (C=O) groups is 1. The van der Waals surface area contributed by atoms with Crippen molar-refractivity contribution in [1.29, 1.82) is 0 Å². The van der Waals surface area contributed by atoms with Gasteiger partial charge in [-0.25, -0.2) is 0 Å².